The van der Waals surface area contributed by atoms with Gasteiger partial charge in [0.15, 0.2) is 6.29 Å². The molecule has 0 aliphatic heterocycles. The van der Waals surface area contributed by atoms with Crippen LogP contribution < -0.4 is 0 Å². The average molecular weight is 392 g/mol. The van der Waals surface area contributed by atoms with E-state index in [1.807, 2.05) is 27.7 Å². The second kappa shape index (κ2) is 15.3. The standard InChI is InChI=1S/C5H5NO4S.C5H3NO3S.2C2H6/c7-6(8)5-2-1-4(11-5)3-10-9;7-3-4-1-2-5(10-4)6(8)9;2*1-2/h1-2,9H,3H2;1-3H;2*1-2H3. The fourth-order valence-electron chi connectivity index (χ4n) is 1.11. The minimum absolute atomic E-state index is 0.00148. The molecule has 0 saturated carbocycles. The van der Waals surface area contributed by atoms with Gasteiger partial charge < -0.3 is 0 Å². The van der Waals surface area contributed by atoms with Crippen LogP contribution in [0.4, 0.5) is 10.0 Å². The highest BCUT2D eigenvalue weighted by molar-refractivity contribution is 7.16. The summed E-state index contributed by atoms with van der Waals surface area (Å²) in [6, 6.07) is 5.65. The Hall–Kier alpha value is -2.21. The number of rotatable bonds is 5. The van der Waals surface area contributed by atoms with Crippen molar-refractivity contribution in [3.8, 4) is 0 Å². The van der Waals surface area contributed by atoms with Gasteiger partial charge in [-0.3, -0.25) is 30.3 Å². The van der Waals surface area contributed by atoms with Gasteiger partial charge in [-0.05, 0) is 12.1 Å². The molecule has 2 heterocycles. The third-order valence-electron chi connectivity index (χ3n) is 1.94. The van der Waals surface area contributed by atoms with Crippen molar-refractivity contribution >= 4 is 39.0 Å². The van der Waals surface area contributed by atoms with Gasteiger partial charge in [0, 0.05) is 17.0 Å². The summed E-state index contributed by atoms with van der Waals surface area (Å²) >= 11 is 1.86. The van der Waals surface area contributed by atoms with E-state index in [0.717, 1.165) is 22.7 Å². The lowest BCUT2D eigenvalue weighted by Crippen LogP contribution is -1.82. The van der Waals surface area contributed by atoms with Gasteiger partial charge in [0.05, 0.1) is 14.7 Å². The van der Waals surface area contributed by atoms with E-state index in [0.29, 0.717) is 16.0 Å². The molecule has 1 N–H and O–H groups in total. The van der Waals surface area contributed by atoms with E-state index in [2.05, 4.69) is 4.89 Å². The Balaban J connectivity index is 0. The number of nitrogens with zero attached hydrogens (tertiary/aromatic N) is 2. The van der Waals surface area contributed by atoms with Crippen LogP contribution >= 0.6 is 22.7 Å². The van der Waals surface area contributed by atoms with Gasteiger partial charge in [-0.1, -0.05) is 50.4 Å². The molecule has 0 aromatic carbocycles. The molecule has 2 aromatic rings. The molecule has 0 spiro atoms. The molecule has 140 valence electrons. The minimum atomic E-state index is -0.516. The average Bonchev–Trinajstić information content (AvgIpc) is 3.29. The molecule has 9 nitrogen and oxygen atoms in total. The molecule has 0 bridgehead atoms. The summed E-state index contributed by atoms with van der Waals surface area (Å²) < 4.78 is 0. The van der Waals surface area contributed by atoms with Gasteiger partial charge in [-0.25, -0.2) is 4.89 Å². The summed E-state index contributed by atoms with van der Waals surface area (Å²) in [4.78, 5) is 34.0. The summed E-state index contributed by atoms with van der Waals surface area (Å²) in [5.41, 5.74) is 0. The molecule has 0 aliphatic rings. The van der Waals surface area contributed by atoms with E-state index in [9.17, 15) is 25.0 Å². The summed E-state index contributed by atoms with van der Waals surface area (Å²) in [7, 11) is 0. The quantitative estimate of drug-likeness (QED) is 0.321. The van der Waals surface area contributed by atoms with Gasteiger partial charge in [-0.15, -0.1) is 0 Å². The number of nitro groups is 2. The van der Waals surface area contributed by atoms with Crippen molar-refractivity contribution in [1.82, 2.24) is 0 Å². The lowest BCUT2D eigenvalue weighted by Gasteiger charge is -1.86. The molecule has 25 heavy (non-hydrogen) atoms. The smallest absolute Gasteiger partial charge is 0.297 e. The minimum Gasteiger partial charge on any atom is -0.297 e. The predicted octanol–water partition coefficient (Wildman–Crippen LogP) is 5.17. The number of aldehydes is 1. The highest BCUT2D eigenvalue weighted by atomic mass is 32.1. The predicted molar refractivity (Wildman–Crippen MR) is 97.4 cm³/mol. The molecular formula is C14H20N2O7S2. The van der Waals surface area contributed by atoms with Crippen LogP contribution in [-0.2, 0) is 11.5 Å². The second-order valence-corrected chi connectivity index (χ2v) is 5.56. The zero-order valence-corrected chi connectivity index (χ0v) is 15.8. The maximum atomic E-state index is 10.1. The lowest BCUT2D eigenvalue weighted by atomic mass is 10.5. The van der Waals surface area contributed by atoms with E-state index in [1.54, 1.807) is 6.07 Å². The van der Waals surface area contributed by atoms with Crippen LogP contribution in [0, 0.1) is 20.2 Å². The molecule has 0 saturated heterocycles. The fraction of sp³-hybridized carbons (Fsp3) is 0.357. The summed E-state index contributed by atoms with van der Waals surface area (Å²) in [5.74, 6) is 0. The Morgan fingerprint density at radius 1 is 1.00 bits per heavy atom. The molecule has 0 aliphatic carbocycles. The largest absolute Gasteiger partial charge is 0.324 e. The first-order chi connectivity index (χ1) is 12.0. The lowest BCUT2D eigenvalue weighted by molar-refractivity contribution is -0.380. The maximum Gasteiger partial charge on any atom is 0.324 e. The first-order valence-electron chi connectivity index (χ1n) is 7.16. The van der Waals surface area contributed by atoms with Crippen LogP contribution in [0.2, 0.25) is 0 Å². The fourth-order valence-corrected chi connectivity index (χ4v) is 2.47. The number of carbonyl (C=O) groups excluding carboxylic acids is 1. The van der Waals surface area contributed by atoms with E-state index in [4.69, 9.17) is 5.26 Å². The van der Waals surface area contributed by atoms with E-state index >= 15 is 0 Å². The summed E-state index contributed by atoms with van der Waals surface area (Å²) in [5, 5.41) is 28.2. The Labute approximate surface area is 152 Å². The van der Waals surface area contributed by atoms with E-state index in [-0.39, 0.29) is 16.6 Å². The first-order valence-corrected chi connectivity index (χ1v) is 8.80. The SMILES string of the molecule is CC.CC.O=Cc1ccc([N+](=O)[O-])s1.O=[N+]([O-])c1ccc(COO)s1. The van der Waals surface area contributed by atoms with Crippen molar-refractivity contribution in [3.63, 3.8) is 0 Å². The van der Waals surface area contributed by atoms with Crippen LogP contribution in [-0.4, -0.2) is 21.4 Å². The Kier molecular flexibility index (Phi) is 15.3. The van der Waals surface area contributed by atoms with Crippen molar-refractivity contribution in [1.29, 1.82) is 0 Å². The van der Waals surface area contributed by atoms with Crippen molar-refractivity contribution in [3.05, 3.63) is 54.2 Å². The molecule has 0 unspecified atom stereocenters. The van der Waals surface area contributed by atoms with Crippen molar-refractivity contribution < 1.29 is 24.8 Å². The zero-order chi connectivity index (χ0) is 19.8. The molecule has 0 amide bonds. The Morgan fingerprint density at radius 3 is 1.80 bits per heavy atom. The van der Waals surface area contributed by atoms with Gasteiger partial charge >= 0.3 is 10.0 Å². The normalized spacial score (nSPS) is 8.52. The Morgan fingerprint density at radius 2 is 1.48 bits per heavy atom. The van der Waals surface area contributed by atoms with Gasteiger partial charge in [0.25, 0.3) is 0 Å². The Bertz CT molecular complexity index is 641. The van der Waals surface area contributed by atoms with Crippen LogP contribution in [0.1, 0.15) is 42.2 Å². The van der Waals surface area contributed by atoms with Gasteiger partial charge in [0.1, 0.15) is 6.61 Å². The van der Waals surface area contributed by atoms with E-state index < -0.39 is 9.85 Å². The van der Waals surface area contributed by atoms with Crippen molar-refractivity contribution in [2.75, 3.05) is 0 Å². The molecule has 0 radical (unpaired) electrons. The van der Waals surface area contributed by atoms with Crippen LogP contribution in [0.25, 0.3) is 0 Å². The van der Waals surface area contributed by atoms with Gasteiger partial charge in [-0.2, -0.15) is 0 Å². The highest BCUT2D eigenvalue weighted by Gasteiger charge is 2.09. The van der Waals surface area contributed by atoms with Crippen molar-refractivity contribution in [2.45, 2.75) is 34.3 Å². The van der Waals surface area contributed by atoms with E-state index in [1.165, 1.54) is 18.2 Å². The topological polar surface area (TPSA) is 133 Å². The molecule has 2 rings (SSSR count). The maximum absolute atomic E-state index is 10.1. The monoisotopic (exact) mass is 392 g/mol. The zero-order valence-electron chi connectivity index (χ0n) is 14.2. The molecule has 0 fully saturated rings. The number of hydrogen-bond donors (Lipinski definition) is 1. The molecule has 2 aromatic heterocycles. The number of hydrogen-bond acceptors (Lipinski definition) is 9. The van der Waals surface area contributed by atoms with Gasteiger partial charge in [0.2, 0.25) is 0 Å². The third-order valence-corrected chi connectivity index (χ3v) is 3.92. The van der Waals surface area contributed by atoms with Crippen molar-refractivity contribution in [2.24, 2.45) is 0 Å². The number of carbonyl (C=O) groups is 1. The summed E-state index contributed by atoms with van der Waals surface area (Å²) in [6.07, 6.45) is 0.595. The summed E-state index contributed by atoms with van der Waals surface area (Å²) in [6.45, 7) is 8.00. The second-order valence-electron chi connectivity index (χ2n) is 3.32. The number of thiophene rings is 2. The van der Waals surface area contributed by atoms with Crippen LogP contribution in [0.15, 0.2) is 24.3 Å². The first kappa shape index (κ1) is 25.0. The molecular weight excluding hydrogens is 372 g/mol. The molecule has 11 heteroatoms. The highest BCUT2D eigenvalue weighted by Crippen LogP contribution is 2.24. The van der Waals surface area contributed by atoms with Crippen LogP contribution in [0.3, 0.4) is 0 Å². The molecule has 0 atom stereocenters. The van der Waals surface area contributed by atoms with Crippen LogP contribution in [0.5, 0.6) is 0 Å². The third kappa shape index (κ3) is 10.3.